The first-order chi connectivity index (χ1) is 51.3. The highest BCUT2D eigenvalue weighted by Crippen LogP contribution is 3.00. The average Bonchev–Trinajstić information content (AvgIpc) is 1.41. The molecule has 13 aromatic carbocycles. The summed E-state index contributed by atoms with van der Waals surface area (Å²) in [4.78, 5) is 5.30. The zero-order valence-corrected chi connectivity index (χ0v) is 59.1. The van der Waals surface area contributed by atoms with Gasteiger partial charge in [-0.1, -0.05) is 214 Å². The Balaban J connectivity index is 0.676. The largest absolute Gasteiger partial charge is 0.456 e. The molecule has 104 heavy (non-hydrogen) atoms. The van der Waals surface area contributed by atoms with Gasteiger partial charge in [0.2, 0.25) is 0 Å². The summed E-state index contributed by atoms with van der Waals surface area (Å²) in [5.41, 5.74) is 32.2. The highest BCUT2D eigenvalue weighted by molar-refractivity contribution is 7.26. The van der Waals surface area contributed by atoms with Gasteiger partial charge in [-0.2, -0.15) is 0 Å². The van der Waals surface area contributed by atoms with E-state index in [9.17, 15) is 0 Å². The molecule has 6 fully saturated rings. The summed E-state index contributed by atoms with van der Waals surface area (Å²) < 4.78 is 9.69. The smallest absolute Gasteiger partial charge is 0.136 e. The van der Waals surface area contributed by atoms with Gasteiger partial charge < -0.3 is 14.2 Å². The highest BCUT2D eigenvalue weighted by atomic mass is 32.1. The second kappa shape index (κ2) is 21.4. The zero-order valence-electron chi connectivity index (χ0n) is 58.3. The molecule has 0 radical (unpaired) electrons. The fourth-order valence-electron chi connectivity index (χ4n) is 23.7. The van der Waals surface area contributed by atoms with E-state index < -0.39 is 0 Å². The van der Waals surface area contributed by atoms with Gasteiger partial charge in [-0.15, -0.1) is 11.3 Å². The van der Waals surface area contributed by atoms with Crippen molar-refractivity contribution in [3.8, 4) is 55.6 Å². The molecule has 7 unspecified atom stereocenters. The normalized spacial score (nSPS) is 25.1. The van der Waals surface area contributed by atoms with Crippen LogP contribution in [0.4, 0.5) is 28.4 Å². The number of thiophene rings is 1. The first kappa shape index (κ1) is 58.7. The highest BCUT2D eigenvalue weighted by Gasteiger charge is 2.92. The number of hydrogen-bond donors (Lipinski definition) is 0. The Kier molecular flexibility index (Phi) is 12.1. The Morgan fingerprint density at radius 3 is 1.84 bits per heavy atom. The van der Waals surface area contributed by atoms with Crippen LogP contribution >= 0.6 is 11.3 Å². The van der Waals surface area contributed by atoms with Crippen molar-refractivity contribution in [1.82, 2.24) is 0 Å². The lowest BCUT2D eigenvalue weighted by molar-refractivity contribution is 0.105. The van der Waals surface area contributed by atoms with Crippen LogP contribution in [0.25, 0.3) is 114 Å². The Morgan fingerprint density at radius 1 is 0.423 bits per heavy atom. The van der Waals surface area contributed by atoms with Gasteiger partial charge in [-0.3, -0.25) is 0 Å². The maximum absolute atomic E-state index is 7.14. The summed E-state index contributed by atoms with van der Waals surface area (Å²) >= 11 is 1.91. The lowest BCUT2D eigenvalue weighted by atomic mass is 9.56. The monoisotopic (exact) mass is 1350 g/mol. The Bertz CT molecular complexity index is 6240. The van der Waals surface area contributed by atoms with Gasteiger partial charge in [0.25, 0.3) is 0 Å². The first-order valence-corrected chi connectivity index (χ1v) is 39.3. The molecule has 9 aliphatic carbocycles. The van der Waals surface area contributed by atoms with E-state index in [1.807, 2.05) is 11.3 Å². The Labute approximate surface area is 611 Å². The molecular weight excluding hydrogens is 1280 g/mol. The quantitative estimate of drug-likeness (QED) is 0.136. The summed E-state index contributed by atoms with van der Waals surface area (Å²) in [5, 5.41) is 7.25. The molecule has 2 bridgehead atoms. The van der Waals surface area contributed by atoms with E-state index in [1.54, 1.807) is 16.7 Å². The average molecular weight is 1350 g/mol. The minimum Gasteiger partial charge on any atom is -0.456 e. The van der Waals surface area contributed by atoms with Crippen LogP contribution in [0.3, 0.4) is 0 Å². The molecule has 0 aliphatic heterocycles. The first-order valence-electron chi connectivity index (χ1n) is 38.5. The van der Waals surface area contributed by atoms with Gasteiger partial charge in [0.15, 0.2) is 0 Å². The van der Waals surface area contributed by atoms with E-state index >= 15 is 0 Å². The number of rotatable bonds is 10. The van der Waals surface area contributed by atoms with Crippen LogP contribution in [0, 0.1) is 40.4 Å². The van der Waals surface area contributed by atoms with Gasteiger partial charge in [-0.25, -0.2) is 0 Å². The van der Waals surface area contributed by atoms with Crippen LogP contribution in [-0.2, 0) is 5.41 Å². The molecule has 15 aromatic rings. The predicted molar refractivity (Wildman–Crippen MR) is 433 cm³/mol. The SMILES string of the molecule is C[C@H]1CC2CCC(C2)C12c1ccccc1-c1c(N(C3=CC=C(c4ccccc4)CC3)c3ccc4cc5sc6cc7c(cc6c5cc4c3)oc3ccc(N(c4ccc(-c5ccccc5)cc4)c4cc(-c5ccccc5)cc5c4-c4ccccc4[C@H]4CC46C[C@@]48CC5C4C68)cc37)cc(-c3ccccc3)cc12. The van der Waals surface area contributed by atoms with Gasteiger partial charge in [0, 0.05) is 70.2 Å². The molecule has 2 heterocycles. The van der Waals surface area contributed by atoms with Crippen molar-refractivity contribution in [2.45, 2.75) is 82.0 Å². The van der Waals surface area contributed by atoms with Gasteiger partial charge >= 0.3 is 0 Å². The molecule has 4 heteroatoms. The van der Waals surface area contributed by atoms with E-state index in [-0.39, 0.29) is 5.41 Å². The molecule has 498 valence electrons. The summed E-state index contributed by atoms with van der Waals surface area (Å²) in [6.07, 6.45) is 16.1. The molecule has 24 rings (SSSR count). The fourth-order valence-corrected chi connectivity index (χ4v) is 24.8. The molecule has 3 nitrogen and oxygen atoms in total. The Hall–Kier alpha value is -10.8. The van der Waals surface area contributed by atoms with E-state index in [4.69, 9.17) is 4.42 Å². The third kappa shape index (κ3) is 8.13. The minimum absolute atomic E-state index is 0.0499. The van der Waals surface area contributed by atoms with Crippen LogP contribution < -0.4 is 9.80 Å². The molecule has 10 atom stereocenters. The van der Waals surface area contributed by atoms with Gasteiger partial charge in [0.1, 0.15) is 11.2 Å². The van der Waals surface area contributed by atoms with Crippen molar-refractivity contribution in [1.29, 1.82) is 0 Å². The van der Waals surface area contributed by atoms with Crippen LogP contribution in [0.5, 0.6) is 0 Å². The summed E-state index contributed by atoms with van der Waals surface area (Å²) in [7, 11) is 0. The third-order valence-corrected chi connectivity index (χ3v) is 29.1. The fraction of sp³-hybridized carbons (Fsp3) is 0.200. The molecule has 9 aliphatic rings. The third-order valence-electron chi connectivity index (χ3n) is 28.0. The number of anilines is 5. The van der Waals surface area contributed by atoms with E-state index in [0.717, 1.165) is 63.9 Å². The summed E-state index contributed by atoms with van der Waals surface area (Å²) in [6, 6.07) is 107. The topological polar surface area (TPSA) is 19.6 Å². The number of nitrogens with zero attached hydrogens (tertiary/aromatic N) is 2. The van der Waals surface area contributed by atoms with Crippen molar-refractivity contribution in [3.63, 3.8) is 0 Å². The second-order valence-corrected chi connectivity index (χ2v) is 33.8. The number of fused-ring (bicyclic) bond motifs is 20. The summed E-state index contributed by atoms with van der Waals surface area (Å²) in [5.74, 6) is 4.80. The molecule has 0 amide bonds. The summed E-state index contributed by atoms with van der Waals surface area (Å²) in [6.45, 7) is 2.60. The van der Waals surface area contributed by atoms with Crippen LogP contribution in [0.2, 0.25) is 0 Å². The predicted octanol–water partition coefficient (Wildman–Crippen LogP) is 27.5. The molecule has 3 spiro atoms. The number of hydrogen-bond acceptors (Lipinski definition) is 4. The zero-order chi connectivity index (χ0) is 67.9. The molecule has 6 saturated carbocycles. The standard InChI is InChI=1S/C100H76N2OS/c1-59-44-60-30-36-71(45-60)100(59)85-29-17-16-28-78(85)95-86(100)49-70(64-24-12-5-13-25-64)51-89(95)101(72-37-31-65(32-38-72)61-18-6-2-7-19-61)74-41-35-67-52-92-81(47-68(67)46-74)82-54-91-80(55-93(82)104-92)79-53-75(42-43-90(79)103-91)102(73-39-33-66(34-40-73)62-20-8-3-9-21-62)88-50-69(63-22-10-4-11-23-63)48-83-84-56-99-58-98(97(99)96(84)99)57-87(98)76-26-14-15-27-77(76)94(83)88/h2-29,31,33-35,37,39-43,46-55,59-60,71,84,87,96-97H,30,32,36,38,44-45,56-58H2,1H3/t59-,60?,71?,84?,87+,96?,97?,98?,99-,100?/m0/s1. The molecular formula is C100H76N2OS. The van der Waals surface area contributed by atoms with Crippen molar-refractivity contribution in [2.24, 2.45) is 40.4 Å². The van der Waals surface area contributed by atoms with Crippen LogP contribution in [0.15, 0.2) is 301 Å². The van der Waals surface area contributed by atoms with Crippen molar-refractivity contribution < 1.29 is 4.42 Å². The number of benzene rings is 13. The maximum atomic E-state index is 7.14. The van der Waals surface area contributed by atoms with E-state index in [1.165, 1.54) is 171 Å². The molecule has 2 aromatic heterocycles. The number of allylic oxidation sites excluding steroid dienone is 4. The van der Waals surface area contributed by atoms with E-state index in [0.29, 0.717) is 34.5 Å². The molecule has 0 saturated heterocycles. The van der Waals surface area contributed by atoms with Crippen LogP contribution in [0.1, 0.15) is 104 Å². The van der Waals surface area contributed by atoms with Gasteiger partial charge in [0.05, 0.1) is 11.4 Å². The minimum atomic E-state index is -0.0499. The van der Waals surface area contributed by atoms with Gasteiger partial charge in [-0.05, 0) is 283 Å². The van der Waals surface area contributed by atoms with E-state index in [2.05, 4.69) is 308 Å². The molecule has 0 N–H and O–H groups in total. The van der Waals surface area contributed by atoms with Crippen molar-refractivity contribution >= 4 is 98.2 Å². The number of furan rings is 1. The lowest BCUT2D eigenvalue weighted by Gasteiger charge is -2.47. The lowest BCUT2D eigenvalue weighted by Crippen LogP contribution is -2.43. The van der Waals surface area contributed by atoms with Crippen LogP contribution in [-0.4, -0.2) is 0 Å². The van der Waals surface area contributed by atoms with Crippen molar-refractivity contribution in [3.05, 3.63) is 325 Å². The second-order valence-electron chi connectivity index (χ2n) is 32.7. The van der Waals surface area contributed by atoms with Crippen molar-refractivity contribution in [2.75, 3.05) is 9.80 Å². The Morgan fingerprint density at radius 2 is 1.07 bits per heavy atom. The maximum Gasteiger partial charge on any atom is 0.136 e.